The first kappa shape index (κ1) is 13.4. The van der Waals surface area contributed by atoms with E-state index in [2.05, 4.69) is 10.3 Å². The Hall–Kier alpha value is -1.62. The summed E-state index contributed by atoms with van der Waals surface area (Å²) in [6.45, 7) is 2.71. The maximum atomic E-state index is 11.8. The number of amides is 1. The van der Waals surface area contributed by atoms with Gasteiger partial charge in [-0.3, -0.25) is 14.5 Å². The highest BCUT2D eigenvalue weighted by Crippen LogP contribution is 2.01. The molecule has 17 heavy (non-hydrogen) atoms. The van der Waals surface area contributed by atoms with Crippen molar-refractivity contribution in [1.82, 2.24) is 15.2 Å². The van der Waals surface area contributed by atoms with Crippen LogP contribution in [-0.4, -0.2) is 48.8 Å². The summed E-state index contributed by atoms with van der Waals surface area (Å²) >= 11 is 0. The lowest BCUT2D eigenvalue weighted by atomic mass is 10.1. The molecule has 1 aromatic heterocycles. The van der Waals surface area contributed by atoms with E-state index in [-0.39, 0.29) is 17.6 Å². The smallest absolute Gasteiger partial charge is 0.223 e. The van der Waals surface area contributed by atoms with Crippen LogP contribution in [0.1, 0.15) is 17.4 Å². The van der Waals surface area contributed by atoms with E-state index in [0.29, 0.717) is 18.8 Å². The maximum Gasteiger partial charge on any atom is 0.223 e. The number of nitrogens with one attached hydrogen (secondary N) is 2. The predicted molar refractivity (Wildman–Crippen MR) is 65.9 cm³/mol. The van der Waals surface area contributed by atoms with Crippen molar-refractivity contribution < 1.29 is 9.59 Å². The molecule has 94 valence electrons. The van der Waals surface area contributed by atoms with Gasteiger partial charge in [-0.15, -0.1) is 0 Å². The molecule has 0 radical (unpaired) electrons. The van der Waals surface area contributed by atoms with Gasteiger partial charge in [0.1, 0.15) is 0 Å². The number of hydrogen-bond acceptors (Lipinski definition) is 3. The zero-order valence-electron chi connectivity index (χ0n) is 10.5. The van der Waals surface area contributed by atoms with Crippen LogP contribution in [0, 0.1) is 5.92 Å². The molecule has 0 aliphatic carbocycles. The number of ketones is 1. The molecule has 0 aliphatic rings. The molecule has 5 heteroatoms. The number of carbonyl (C=O) groups excluding carboxylic acids is 2. The fraction of sp³-hybridized carbons (Fsp3) is 0.500. The molecule has 0 fully saturated rings. The molecule has 1 amide bonds. The third-order valence-corrected chi connectivity index (χ3v) is 2.59. The molecule has 1 unspecified atom stereocenters. The SMILES string of the molecule is CNC(=O)C(C)CN(C)CC(=O)c1ccc[nH]1. The summed E-state index contributed by atoms with van der Waals surface area (Å²) in [5.74, 6) is -0.104. The monoisotopic (exact) mass is 237 g/mol. The second-order valence-corrected chi connectivity index (χ2v) is 4.22. The van der Waals surface area contributed by atoms with Crippen LogP contribution < -0.4 is 5.32 Å². The summed E-state index contributed by atoms with van der Waals surface area (Å²) in [5, 5.41) is 2.59. The maximum absolute atomic E-state index is 11.8. The van der Waals surface area contributed by atoms with Gasteiger partial charge in [0.25, 0.3) is 0 Å². The van der Waals surface area contributed by atoms with Crippen LogP contribution in [0.2, 0.25) is 0 Å². The number of carbonyl (C=O) groups is 2. The van der Waals surface area contributed by atoms with E-state index in [1.165, 1.54) is 0 Å². The number of rotatable bonds is 6. The van der Waals surface area contributed by atoms with Crippen LogP contribution in [0.15, 0.2) is 18.3 Å². The summed E-state index contributed by atoms with van der Waals surface area (Å²) in [5.41, 5.74) is 0.601. The number of likely N-dealkylation sites (N-methyl/N-ethyl adjacent to an activating group) is 1. The van der Waals surface area contributed by atoms with E-state index in [9.17, 15) is 9.59 Å². The summed E-state index contributed by atoms with van der Waals surface area (Å²) in [7, 11) is 3.45. The standard InChI is InChI=1S/C12H19N3O2/c1-9(12(17)13-2)7-15(3)8-11(16)10-5-4-6-14-10/h4-6,9,14H,7-8H2,1-3H3,(H,13,17). The Morgan fingerprint density at radius 2 is 2.24 bits per heavy atom. The second-order valence-electron chi connectivity index (χ2n) is 4.22. The van der Waals surface area contributed by atoms with Crippen molar-refractivity contribution in [2.45, 2.75) is 6.92 Å². The Morgan fingerprint density at radius 1 is 1.53 bits per heavy atom. The van der Waals surface area contributed by atoms with E-state index >= 15 is 0 Å². The fourth-order valence-electron chi connectivity index (χ4n) is 1.70. The highest BCUT2D eigenvalue weighted by Gasteiger charge is 2.16. The van der Waals surface area contributed by atoms with Gasteiger partial charge in [0, 0.05) is 25.7 Å². The van der Waals surface area contributed by atoms with Crippen molar-refractivity contribution in [2.75, 3.05) is 27.2 Å². The van der Waals surface area contributed by atoms with Crippen LogP contribution in [0.5, 0.6) is 0 Å². The third-order valence-electron chi connectivity index (χ3n) is 2.59. The molecular weight excluding hydrogens is 218 g/mol. The first-order chi connectivity index (χ1) is 8.04. The molecule has 5 nitrogen and oxygen atoms in total. The summed E-state index contributed by atoms with van der Waals surface area (Å²) < 4.78 is 0. The number of hydrogen-bond donors (Lipinski definition) is 2. The number of H-pyrrole nitrogens is 1. The van der Waals surface area contributed by atoms with E-state index in [0.717, 1.165) is 0 Å². The Kier molecular flexibility index (Phi) is 4.90. The van der Waals surface area contributed by atoms with Gasteiger partial charge in [-0.25, -0.2) is 0 Å². The van der Waals surface area contributed by atoms with E-state index in [1.807, 2.05) is 18.9 Å². The quantitative estimate of drug-likeness (QED) is 0.709. The summed E-state index contributed by atoms with van der Waals surface area (Å²) in [6.07, 6.45) is 1.72. The van der Waals surface area contributed by atoms with Crippen LogP contribution in [0.25, 0.3) is 0 Å². The summed E-state index contributed by atoms with van der Waals surface area (Å²) in [4.78, 5) is 27.8. The average Bonchev–Trinajstić information content (AvgIpc) is 2.80. The van der Waals surface area contributed by atoms with Crippen LogP contribution in [0.4, 0.5) is 0 Å². The minimum Gasteiger partial charge on any atom is -0.359 e. The largest absolute Gasteiger partial charge is 0.359 e. The van der Waals surface area contributed by atoms with Gasteiger partial charge < -0.3 is 10.3 Å². The topological polar surface area (TPSA) is 65.2 Å². The van der Waals surface area contributed by atoms with Gasteiger partial charge in [0.15, 0.2) is 5.78 Å². The van der Waals surface area contributed by atoms with Gasteiger partial charge in [-0.2, -0.15) is 0 Å². The number of aromatic amines is 1. The Balaban J connectivity index is 2.42. The first-order valence-corrected chi connectivity index (χ1v) is 5.61. The zero-order valence-corrected chi connectivity index (χ0v) is 10.5. The lowest BCUT2D eigenvalue weighted by Crippen LogP contribution is -2.36. The Bertz CT molecular complexity index is 373. The Labute approximate surface area is 101 Å². The predicted octanol–water partition coefficient (Wildman–Crippen LogP) is 0.511. The molecular formula is C12H19N3O2. The first-order valence-electron chi connectivity index (χ1n) is 5.61. The Morgan fingerprint density at radius 3 is 2.76 bits per heavy atom. The molecule has 0 bridgehead atoms. The second kappa shape index (κ2) is 6.20. The molecule has 0 spiro atoms. The lowest BCUT2D eigenvalue weighted by molar-refractivity contribution is -0.124. The highest BCUT2D eigenvalue weighted by atomic mass is 16.2. The van der Waals surface area contributed by atoms with E-state index in [4.69, 9.17) is 0 Å². The average molecular weight is 237 g/mol. The molecule has 1 atom stereocenters. The van der Waals surface area contributed by atoms with Crippen LogP contribution >= 0.6 is 0 Å². The van der Waals surface area contributed by atoms with Crippen molar-refractivity contribution in [3.8, 4) is 0 Å². The molecule has 0 saturated carbocycles. The normalized spacial score (nSPS) is 12.5. The molecule has 1 aromatic rings. The molecule has 1 heterocycles. The number of aromatic nitrogens is 1. The van der Waals surface area contributed by atoms with Crippen molar-refractivity contribution in [2.24, 2.45) is 5.92 Å². The van der Waals surface area contributed by atoms with Gasteiger partial charge in [0.2, 0.25) is 5.91 Å². The molecule has 0 aromatic carbocycles. The lowest BCUT2D eigenvalue weighted by Gasteiger charge is -2.19. The number of nitrogens with zero attached hydrogens (tertiary/aromatic N) is 1. The highest BCUT2D eigenvalue weighted by molar-refractivity contribution is 5.95. The van der Waals surface area contributed by atoms with Crippen LogP contribution in [-0.2, 0) is 4.79 Å². The van der Waals surface area contributed by atoms with Gasteiger partial charge in [-0.1, -0.05) is 6.92 Å². The van der Waals surface area contributed by atoms with Crippen molar-refractivity contribution in [3.05, 3.63) is 24.0 Å². The van der Waals surface area contributed by atoms with Crippen molar-refractivity contribution in [1.29, 1.82) is 0 Å². The van der Waals surface area contributed by atoms with E-state index < -0.39 is 0 Å². The zero-order chi connectivity index (χ0) is 12.8. The molecule has 0 saturated heterocycles. The van der Waals surface area contributed by atoms with Crippen molar-refractivity contribution in [3.63, 3.8) is 0 Å². The third kappa shape index (κ3) is 4.03. The number of Topliss-reactive ketones (excluding diaryl/α,β-unsaturated/α-hetero) is 1. The molecule has 2 N–H and O–H groups in total. The molecule has 0 aliphatic heterocycles. The van der Waals surface area contributed by atoms with Gasteiger partial charge in [0.05, 0.1) is 12.2 Å². The van der Waals surface area contributed by atoms with Gasteiger partial charge in [-0.05, 0) is 19.2 Å². The van der Waals surface area contributed by atoms with Crippen molar-refractivity contribution >= 4 is 11.7 Å². The fourth-order valence-corrected chi connectivity index (χ4v) is 1.70. The minimum atomic E-state index is -0.124. The van der Waals surface area contributed by atoms with E-state index in [1.54, 1.807) is 25.4 Å². The van der Waals surface area contributed by atoms with Crippen LogP contribution in [0.3, 0.4) is 0 Å². The molecule has 1 rings (SSSR count). The minimum absolute atomic E-state index is 0.0100. The summed E-state index contributed by atoms with van der Waals surface area (Å²) in [6, 6.07) is 3.54. The van der Waals surface area contributed by atoms with Gasteiger partial charge >= 0.3 is 0 Å².